The van der Waals surface area contributed by atoms with Crippen LogP contribution in [0.3, 0.4) is 0 Å². The summed E-state index contributed by atoms with van der Waals surface area (Å²) in [5, 5.41) is 15.0. The summed E-state index contributed by atoms with van der Waals surface area (Å²) in [4.78, 5) is 16.6. The summed E-state index contributed by atoms with van der Waals surface area (Å²) in [6.45, 7) is 3.34. The fourth-order valence-corrected chi connectivity index (χ4v) is 2.53. The lowest BCUT2D eigenvalue weighted by molar-refractivity contribution is -0.132. The third kappa shape index (κ3) is 3.33. The summed E-state index contributed by atoms with van der Waals surface area (Å²) in [7, 11) is 0. The maximum atomic E-state index is 12.6. The van der Waals surface area contributed by atoms with Crippen molar-refractivity contribution in [3.63, 3.8) is 0 Å². The lowest BCUT2D eigenvalue weighted by Crippen LogP contribution is -2.54. The van der Waals surface area contributed by atoms with Gasteiger partial charge in [-0.3, -0.25) is 4.79 Å². The molecule has 116 valence electrons. The average molecular weight is 295 g/mol. The SMILES string of the molecule is CC(Cn1ccnc1)NC(=O)C1(C(N)=NO)CCOCC1. The number of nitrogens with two attached hydrogens (primary N) is 1. The molecule has 1 saturated heterocycles. The van der Waals surface area contributed by atoms with E-state index in [0.29, 0.717) is 32.6 Å². The minimum absolute atomic E-state index is 0.0573. The minimum Gasteiger partial charge on any atom is -0.409 e. The number of amidine groups is 1. The van der Waals surface area contributed by atoms with Crippen molar-refractivity contribution in [2.45, 2.75) is 32.4 Å². The number of amides is 1. The van der Waals surface area contributed by atoms with E-state index in [1.165, 1.54) is 0 Å². The maximum absolute atomic E-state index is 12.6. The molecule has 0 spiro atoms. The van der Waals surface area contributed by atoms with E-state index in [-0.39, 0.29) is 17.8 Å². The maximum Gasteiger partial charge on any atom is 0.234 e. The Morgan fingerprint density at radius 2 is 2.33 bits per heavy atom. The van der Waals surface area contributed by atoms with Crippen LogP contribution in [0.25, 0.3) is 0 Å². The number of ether oxygens (including phenoxy) is 1. The Bertz CT molecular complexity index is 494. The van der Waals surface area contributed by atoms with Gasteiger partial charge in [0, 0.05) is 38.2 Å². The molecule has 0 aliphatic carbocycles. The first kappa shape index (κ1) is 15.3. The molecule has 1 aliphatic heterocycles. The summed E-state index contributed by atoms with van der Waals surface area (Å²) in [6, 6.07) is -0.0992. The van der Waals surface area contributed by atoms with Gasteiger partial charge in [0.05, 0.1) is 6.33 Å². The van der Waals surface area contributed by atoms with Crippen molar-refractivity contribution < 1.29 is 14.7 Å². The van der Waals surface area contributed by atoms with Crippen LogP contribution in [0.5, 0.6) is 0 Å². The quantitative estimate of drug-likeness (QED) is 0.304. The van der Waals surface area contributed by atoms with Crippen molar-refractivity contribution in [3.8, 4) is 0 Å². The largest absolute Gasteiger partial charge is 0.409 e. The van der Waals surface area contributed by atoms with E-state index in [4.69, 9.17) is 15.7 Å². The molecule has 1 aromatic rings. The molecule has 0 radical (unpaired) electrons. The highest BCUT2D eigenvalue weighted by Crippen LogP contribution is 2.31. The predicted octanol–water partition coefficient (Wildman–Crippen LogP) is -0.0690. The smallest absolute Gasteiger partial charge is 0.234 e. The molecule has 1 fully saturated rings. The molecule has 1 atom stereocenters. The molecule has 21 heavy (non-hydrogen) atoms. The van der Waals surface area contributed by atoms with Crippen LogP contribution in [0.1, 0.15) is 19.8 Å². The summed E-state index contributed by atoms with van der Waals surface area (Å²) >= 11 is 0. The Morgan fingerprint density at radius 1 is 1.62 bits per heavy atom. The Labute approximate surface area is 123 Å². The molecule has 8 heteroatoms. The number of rotatable bonds is 5. The van der Waals surface area contributed by atoms with E-state index < -0.39 is 5.41 Å². The lowest BCUT2D eigenvalue weighted by Gasteiger charge is -2.35. The van der Waals surface area contributed by atoms with Crippen LogP contribution >= 0.6 is 0 Å². The second kappa shape index (κ2) is 6.57. The summed E-state index contributed by atoms with van der Waals surface area (Å²) in [6.07, 6.45) is 6.02. The van der Waals surface area contributed by atoms with Gasteiger partial charge in [0.15, 0.2) is 5.84 Å². The second-order valence-electron chi connectivity index (χ2n) is 5.31. The molecule has 0 bridgehead atoms. The Balaban J connectivity index is 2.04. The van der Waals surface area contributed by atoms with Gasteiger partial charge in [0.2, 0.25) is 5.91 Å². The number of oxime groups is 1. The number of hydrogen-bond donors (Lipinski definition) is 3. The van der Waals surface area contributed by atoms with Gasteiger partial charge in [-0.15, -0.1) is 0 Å². The average Bonchev–Trinajstić information content (AvgIpc) is 2.99. The van der Waals surface area contributed by atoms with E-state index in [2.05, 4.69) is 15.5 Å². The topological polar surface area (TPSA) is 115 Å². The van der Waals surface area contributed by atoms with Crippen LogP contribution in [0.2, 0.25) is 0 Å². The van der Waals surface area contributed by atoms with Crippen LogP contribution in [-0.4, -0.2) is 45.8 Å². The van der Waals surface area contributed by atoms with Crippen molar-refractivity contribution >= 4 is 11.7 Å². The van der Waals surface area contributed by atoms with Gasteiger partial charge in [-0.25, -0.2) is 4.98 Å². The zero-order chi connectivity index (χ0) is 15.3. The van der Waals surface area contributed by atoms with Crippen LogP contribution in [-0.2, 0) is 16.1 Å². The van der Waals surface area contributed by atoms with Crippen molar-refractivity contribution in [1.29, 1.82) is 0 Å². The van der Waals surface area contributed by atoms with Gasteiger partial charge in [-0.05, 0) is 19.8 Å². The van der Waals surface area contributed by atoms with Crippen LogP contribution in [0, 0.1) is 5.41 Å². The van der Waals surface area contributed by atoms with Gasteiger partial charge in [0.25, 0.3) is 0 Å². The number of nitrogens with zero attached hydrogens (tertiary/aromatic N) is 3. The number of nitrogens with one attached hydrogen (secondary N) is 1. The van der Waals surface area contributed by atoms with Crippen molar-refractivity contribution in [3.05, 3.63) is 18.7 Å². The van der Waals surface area contributed by atoms with Gasteiger partial charge in [-0.2, -0.15) is 0 Å². The van der Waals surface area contributed by atoms with Gasteiger partial charge in [-0.1, -0.05) is 5.16 Å². The van der Waals surface area contributed by atoms with E-state index in [1.807, 2.05) is 17.7 Å². The first-order chi connectivity index (χ1) is 10.1. The number of hydrogen-bond acceptors (Lipinski definition) is 5. The Morgan fingerprint density at radius 3 is 2.90 bits per heavy atom. The minimum atomic E-state index is -0.990. The molecular weight excluding hydrogens is 274 g/mol. The number of aromatic nitrogens is 2. The van der Waals surface area contributed by atoms with Crippen LogP contribution in [0.4, 0.5) is 0 Å². The highest BCUT2D eigenvalue weighted by atomic mass is 16.5. The molecule has 1 aromatic heterocycles. The third-order valence-corrected chi connectivity index (χ3v) is 3.80. The van der Waals surface area contributed by atoms with Crippen molar-refractivity contribution in [2.75, 3.05) is 13.2 Å². The molecule has 8 nitrogen and oxygen atoms in total. The molecular formula is C13H21N5O3. The zero-order valence-electron chi connectivity index (χ0n) is 12.0. The molecule has 2 heterocycles. The summed E-state index contributed by atoms with van der Waals surface area (Å²) in [5.41, 5.74) is 4.77. The predicted molar refractivity (Wildman–Crippen MR) is 75.7 cm³/mol. The number of carbonyl (C=O) groups excluding carboxylic acids is 1. The molecule has 1 aliphatic rings. The molecule has 1 unspecified atom stereocenters. The van der Waals surface area contributed by atoms with E-state index in [9.17, 15) is 4.79 Å². The van der Waals surface area contributed by atoms with E-state index in [1.54, 1.807) is 12.5 Å². The number of imidazole rings is 1. The van der Waals surface area contributed by atoms with Crippen molar-refractivity contribution in [1.82, 2.24) is 14.9 Å². The van der Waals surface area contributed by atoms with Gasteiger partial charge < -0.3 is 25.6 Å². The standard InChI is InChI=1S/C13H21N5O3/c1-10(8-18-5-4-15-9-18)16-12(19)13(11(14)17-20)2-6-21-7-3-13/h4-5,9-10,20H,2-3,6-8H2,1H3,(H2,14,17)(H,16,19). The molecule has 0 saturated carbocycles. The first-order valence-corrected chi connectivity index (χ1v) is 6.91. The molecule has 1 amide bonds. The van der Waals surface area contributed by atoms with Crippen LogP contribution < -0.4 is 11.1 Å². The van der Waals surface area contributed by atoms with Gasteiger partial charge in [0.1, 0.15) is 5.41 Å². The normalized spacial score (nSPS) is 20.0. The molecule has 4 N–H and O–H groups in total. The monoisotopic (exact) mass is 295 g/mol. The summed E-state index contributed by atoms with van der Waals surface area (Å²) < 4.78 is 7.16. The summed E-state index contributed by atoms with van der Waals surface area (Å²) in [5.74, 6) is -0.285. The molecule has 2 rings (SSSR count). The van der Waals surface area contributed by atoms with Crippen molar-refractivity contribution in [2.24, 2.45) is 16.3 Å². The second-order valence-corrected chi connectivity index (χ2v) is 5.31. The molecule has 0 aromatic carbocycles. The Kier molecular flexibility index (Phi) is 4.79. The Hall–Kier alpha value is -2.09. The highest BCUT2D eigenvalue weighted by Gasteiger charge is 2.44. The van der Waals surface area contributed by atoms with E-state index >= 15 is 0 Å². The highest BCUT2D eigenvalue weighted by molar-refractivity contribution is 6.06. The van der Waals surface area contributed by atoms with Gasteiger partial charge >= 0.3 is 0 Å². The lowest BCUT2D eigenvalue weighted by atomic mass is 9.78. The first-order valence-electron chi connectivity index (χ1n) is 6.91. The van der Waals surface area contributed by atoms with Crippen LogP contribution in [0.15, 0.2) is 23.9 Å². The zero-order valence-corrected chi connectivity index (χ0v) is 12.0. The van der Waals surface area contributed by atoms with E-state index in [0.717, 1.165) is 0 Å². The number of carbonyl (C=O) groups is 1. The third-order valence-electron chi connectivity index (χ3n) is 3.80. The fourth-order valence-electron chi connectivity index (χ4n) is 2.53. The fraction of sp³-hybridized carbons (Fsp3) is 0.615.